The van der Waals surface area contributed by atoms with Crippen LogP contribution in [0.15, 0.2) is 18.2 Å². The molecule has 0 aliphatic carbocycles. The minimum absolute atomic E-state index is 0.0840. The zero-order chi connectivity index (χ0) is 14.5. The average Bonchev–Trinajstić information content (AvgIpc) is 2.46. The maximum absolute atomic E-state index is 12.1. The van der Waals surface area contributed by atoms with E-state index in [9.17, 15) is 4.79 Å². The summed E-state index contributed by atoms with van der Waals surface area (Å²) < 4.78 is 5.66. The van der Waals surface area contributed by atoms with Gasteiger partial charge in [0.05, 0.1) is 0 Å². The Hall–Kier alpha value is -1.55. The molecule has 4 heteroatoms. The first-order chi connectivity index (χ1) is 9.60. The van der Waals surface area contributed by atoms with Crippen molar-refractivity contribution >= 4 is 5.91 Å². The number of hydrogen-bond acceptors (Lipinski definition) is 3. The van der Waals surface area contributed by atoms with Crippen LogP contribution in [0.1, 0.15) is 18.1 Å². The summed E-state index contributed by atoms with van der Waals surface area (Å²) in [4.78, 5) is 16.4. The van der Waals surface area contributed by atoms with Gasteiger partial charge in [-0.3, -0.25) is 4.79 Å². The van der Waals surface area contributed by atoms with Crippen molar-refractivity contribution in [3.8, 4) is 5.75 Å². The second kappa shape index (κ2) is 6.75. The quantitative estimate of drug-likeness (QED) is 0.841. The molecule has 4 nitrogen and oxygen atoms in total. The van der Waals surface area contributed by atoms with Gasteiger partial charge >= 0.3 is 0 Å². The van der Waals surface area contributed by atoms with Gasteiger partial charge in [0.15, 0.2) is 6.61 Å². The summed E-state index contributed by atoms with van der Waals surface area (Å²) in [5.41, 5.74) is 2.28. The standard InChI is InChI=1S/C16H24N2O2/c1-4-17-7-9-18(10-8-17)16(19)12-20-15-6-5-13(2)11-14(15)3/h5-6,11H,4,7-10,12H2,1-3H3. The molecule has 1 saturated heterocycles. The molecule has 1 fully saturated rings. The molecule has 1 aromatic carbocycles. The van der Waals surface area contributed by atoms with Crippen LogP contribution in [0.25, 0.3) is 0 Å². The number of aryl methyl sites for hydroxylation is 2. The summed E-state index contributed by atoms with van der Waals surface area (Å²) in [6, 6.07) is 6.01. The van der Waals surface area contributed by atoms with Crippen LogP contribution >= 0.6 is 0 Å². The van der Waals surface area contributed by atoms with Crippen molar-refractivity contribution in [1.29, 1.82) is 0 Å². The Morgan fingerprint density at radius 1 is 1.20 bits per heavy atom. The van der Waals surface area contributed by atoms with Gasteiger partial charge in [0.25, 0.3) is 5.91 Å². The maximum Gasteiger partial charge on any atom is 0.260 e. The highest BCUT2D eigenvalue weighted by molar-refractivity contribution is 5.78. The van der Waals surface area contributed by atoms with E-state index in [1.807, 2.05) is 24.0 Å². The fourth-order valence-electron chi connectivity index (χ4n) is 2.51. The zero-order valence-corrected chi connectivity index (χ0v) is 12.7. The van der Waals surface area contributed by atoms with Crippen LogP contribution in [0.3, 0.4) is 0 Å². The molecule has 0 spiro atoms. The molecule has 1 aromatic rings. The van der Waals surface area contributed by atoms with Crippen LogP contribution in [0, 0.1) is 13.8 Å². The van der Waals surface area contributed by atoms with Crippen molar-refractivity contribution in [3.05, 3.63) is 29.3 Å². The lowest BCUT2D eigenvalue weighted by molar-refractivity contribution is -0.135. The van der Waals surface area contributed by atoms with Crippen LogP contribution in [-0.4, -0.2) is 55.0 Å². The fraction of sp³-hybridized carbons (Fsp3) is 0.562. The Morgan fingerprint density at radius 2 is 1.90 bits per heavy atom. The van der Waals surface area contributed by atoms with E-state index in [0.29, 0.717) is 0 Å². The molecule has 1 aliphatic rings. The van der Waals surface area contributed by atoms with E-state index in [0.717, 1.165) is 44.0 Å². The molecule has 0 bridgehead atoms. The summed E-state index contributed by atoms with van der Waals surface area (Å²) in [7, 11) is 0. The molecular formula is C16H24N2O2. The monoisotopic (exact) mass is 276 g/mol. The molecule has 110 valence electrons. The number of nitrogens with zero attached hydrogens (tertiary/aromatic N) is 2. The van der Waals surface area contributed by atoms with E-state index in [1.165, 1.54) is 5.56 Å². The highest BCUT2D eigenvalue weighted by Gasteiger charge is 2.20. The Kier molecular flexibility index (Phi) is 5.01. The van der Waals surface area contributed by atoms with Crippen molar-refractivity contribution < 1.29 is 9.53 Å². The summed E-state index contributed by atoms with van der Waals surface area (Å²) in [6.45, 7) is 10.9. The van der Waals surface area contributed by atoms with Gasteiger partial charge in [0, 0.05) is 26.2 Å². The minimum atomic E-state index is 0.0840. The maximum atomic E-state index is 12.1. The predicted molar refractivity (Wildman–Crippen MR) is 80.1 cm³/mol. The third-order valence-corrected chi connectivity index (χ3v) is 3.85. The number of rotatable bonds is 4. The van der Waals surface area contributed by atoms with Crippen molar-refractivity contribution in [2.24, 2.45) is 0 Å². The van der Waals surface area contributed by atoms with E-state index in [2.05, 4.69) is 24.8 Å². The molecule has 1 aliphatic heterocycles. The summed E-state index contributed by atoms with van der Waals surface area (Å²) in [5, 5.41) is 0. The van der Waals surface area contributed by atoms with Crippen LogP contribution in [-0.2, 0) is 4.79 Å². The lowest BCUT2D eigenvalue weighted by atomic mass is 10.1. The van der Waals surface area contributed by atoms with Gasteiger partial charge in [-0.1, -0.05) is 24.6 Å². The van der Waals surface area contributed by atoms with Gasteiger partial charge in [-0.25, -0.2) is 0 Å². The molecule has 0 aromatic heterocycles. The molecule has 20 heavy (non-hydrogen) atoms. The van der Waals surface area contributed by atoms with Gasteiger partial charge in [0.1, 0.15) is 5.75 Å². The topological polar surface area (TPSA) is 32.8 Å². The lowest BCUT2D eigenvalue weighted by Crippen LogP contribution is -2.49. The van der Waals surface area contributed by atoms with E-state index < -0.39 is 0 Å². The van der Waals surface area contributed by atoms with Crippen molar-refractivity contribution in [2.45, 2.75) is 20.8 Å². The molecular weight excluding hydrogens is 252 g/mol. The Morgan fingerprint density at radius 3 is 2.50 bits per heavy atom. The van der Waals surface area contributed by atoms with Crippen LogP contribution in [0.5, 0.6) is 5.75 Å². The van der Waals surface area contributed by atoms with Crippen molar-refractivity contribution in [3.63, 3.8) is 0 Å². The molecule has 1 amide bonds. The van der Waals surface area contributed by atoms with Crippen molar-refractivity contribution in [1.82, 2.24) is 9.80 Å². The fourth-order valence-corrected chi connectivity index (χ4v) is 2.51. The number of carbonyl (C=O) groups excluding carboxylic acids is 1. The van der Waals surface area contributed by atoms with E-state index >= 15 is 0 Å². The number of hydrogen-bond donors (Lipinski definition) is 0. The molecule has 1 heterocycles. The van der Waals surface area contributed by atoms with Gasteiger partial charge in [0.2, 0.25) is 0 Å². The average molecular weight is 276 g/mol. The Labute approximate surface area is 121 Å². The summed E-state index contributed by atoms with van der Waals surface area (Å²) >= 11 is 0. The summed E-state index contributed by atoms with van der Waals surface area (Å²) in [5.74, 6) is 0.886. The second-order valence-corrected chi connectivity index (χ2v) is 5.37. The number of amides is 1. The number of benzene rings is 1. The molecule has 0 N–H and O–H groups in total. The summed E-state index contributed by atoms with van der Waals surface area (Å²) in [6.07, 6.45) is 0. The molecule has 0 saturated carbocycles. The SMILES string of the molecule is CCN1CCN(C(=O)COc2ccc(C)cc2C)CC1. The lowest BCUT2D eigenvalue weighted by Gasteiger charge is -2.34. The second-order valence-electron chi connectivity index (χ2n) is 5.37. The van der Waals surface area contributed by atoms with Crippen LogP contribution < -0.4 is 4.74 Å². The number of piperazine rings is 1. The van der Waals surface area contributed by atoms with Gasteiger partial charge in [-0.15, -0.1) is 0 Å². The van der Waals surface area contributed by atoms with Gasteiger partial charge in [-0.05, 0) is 32.0 Å². The predicted octanol–water partition coefficient (Wildman–Crippen LogP) is 1.85. The zero-order valence-electron chi connectivity index (χ0n) is 12.7. The Balaban J connectivity index is 1.83. The smallest absolute Gasteiger partial charge is 0.260 e. The molecule has 0 radical (unpaired) electrons. The van der Waals surface area contributed by atoms with Crippen LogP contribution in [0.2, 0.25) is 0 Å². The third-order valence-electron chi connectivity index (χ3n) is 3.85. The minimum Gasteiger partial charge on any atom is -0.484 e. The van der Waals surface area contributed by atoms with E-state index in [-0.39, 0.29) is 12.5 Å². The first-order valence-corrected chi connectivity index (χ1v) is 7.30. The third kappa shape index (κ3) is 3.73. The number of carbonyl (C=O) groups is 1. The molecule has 2 rings (SSSR count). The first-order valence-electron chi connectivity index (χ1n) is 7.30. The van der Waals surface area contributed by atoms with Gasteiger partial charge in [-0.2, -0.15) is 0 Å². The first kappa shape index (κ1) is 14.9. The van der Waals surface area contributed by atoms with E-state index in [4.69, 9.17) is 4.74 Å². The van der Waals surface area contributed by atoms with Gasteiger partial charge < -0.3 is 14.5 Å². The van der Waals surface area contributed by atoms with Crippen LogP contribution in [0.4, 0.5) is 0 Å². The van der Waals surface area contributed by atoms with E-state index in [1.54, 1.807) is 0 Å². The number of ether oxygens (including phenoxy) is 1. The Bertz CT molecular complexity index is 466. The highest BCUT2D eigenvalue weighted by Crippen LogP contribution is 2.18. The molecule has 0 atom stereocenters. The molecule has 0 unspecified atom stereocenters. The normalized spacial score (nSPS) is 16.2. The van der Waals surface area contributed by atoms with Crippen molar-refractivity contribution in [2.75, 3.05) is 39.3 Å². The largest absolute Gasteiger partial charge is 0.484 e. The highest BCUT2D eigenvalue weighted by atomic mass is 16.5. The number of likely N-dealkylation sites (N-methyl/N-ethyl adjacent to an activating group) is 1.